The molecule has 0 atom stereocenters. The van der Waals surface area contributed by atoms with Crippen LogP contribution >= 0.6 is 0 Å². The highest BCUT2D eigenvalue weighted by molar-refractivity contribution is 5.95. The van der Waals surface area contributed by atoms with Crippen molar-refractivity contribution in [3.05, 3.63) is 23.8 Å². The molecule has 1 aromatic carbocycles. The Morgan fingerprint density at radius 3 is 2.32 bits per heavy atom. The Morgan fingerprint density at radius 2 is 1.64 bits per heavy atom. The van der Waals surface area contributed by atoms with Gasteiger partial charge in [-0.15, -0.1) is 0 Å². The molecule has 5 heteroatoms. The Hall–Kier alpha value is -1.75. The zero-order chi connectivity index (χ0) is 19.8. The maximum Gasteiger partial charge on any atom is 0.254 e. The van der Waals surface area contributed by atoms with Gasteiger partial charge >= 0.3 is 0 Å². The van der Waals surface area contributed by atoms with Crippen LogP contribution < -0.4 is 9.47 Å². The summed E-state index contributed by atoms with van der Waals surface area (Å²) in [7, 11) is 0. The summed E-state index contributed by atoms with van der Waals surface area (Å²) in [6, 6.07) is 5.53. The van der Waals surface area contributed by atoms with Gasteiger partial charge < -0.3 is 14.4 Å². The zero-order valence-electron chi connectivity index (χ0n) is 17.6. The molecule has 1 heterocycles. The fourth-order valence-corrected chi connectivity index (χ4v) is 4.38. The molecule has 0 unspecified atom stereocenters. The van der Waals surface area contributed by atoms with E-state index in [2.05, 4.69) is 4.90 Å². The van der Waals surface area contributed by atoms with Crippen LogP contribution in [0.2, 0.25) is 0 Å². The first kappa shape index (κ1) is 21.0. The SMILES string of the molecule is CCOc1ccc(C(=O)N2CCN(CCC3CCCCC3)CC2)cc1OCC. The maximum atomic E-state index is 12.9. The van der Waals surface area contributed by atoms with Crippen molar-refractivity contribution in [2.45, 2.75) is 52.4 Å². The largest absolute Gasteiger partial charge is 0.490 e. The molecule has 0 bridgehead atoms. The molecule has 28 heavy (non-hydrogen) atoms. The van der Waals surface area contributed by atoms with Crippen LogP contribution in [0.25, 0.3) is 0 Å². The maximum absolute atomic E-state index is 12.9. The van der Waals surface area contributed by atoms with E-state index in [9.17, 15) is 4.79 Å². The highest BCUT2D eigenvalue weighted by atomic mass is 16.5. The number of ether oxygens (including phenoxy) is 2. The van der Waals surface area contributed by atoms with Crippen LogP contribution in [0.4, 0.5) is 0 Å². The molecule has 0 radical (unpaired) electrons. The summed E-state index contributed by atoms with van der Waals surface area (Å²) in [5.41, 5.74) is 0.683. The molecule has 5 nitrogen and oxygen atoms in total. The first-order chi connectivity index (χ1) is 13.7. The Balaban J connectivity index is 1.50. The lowest BCUT2D eigenvalue weighted by Crippen LogP contribution is -2.49. The fourth-order valence-electron chi connectivity index (χ4n) is 4.38. The van der Waals surface area contributed by atoms with Crippen LogP contribution in [-0.4, -0.2) is 61.6 Å². The molecule has 0 spiro atoms. The molecule has 1 amide bonds. The second-order valence-corrected chi connectivity index (χ2v) is 7.95. The van der Waals surface area contributed by atoms with Crippen LogP contribution in [-0.2, 0) is 0 Å². The first-order valence-electron chi connectivity index (χ1n) is 11.1. The summed E-state index contributed by atoms with van der Waals surface area (Å²) in [5.74, 6) is 2.37. The standard InChI is InChI=1S/C23H36N2O3/c1-3-27-21-11-10-20(18-22(21)28-4-2)23(26)25-16-14-24(15-17-25)13-12-19-8-6-5-7-9-19/h10-11,18-19H,3-9,12-17H2,1-2H3. The lowest BCUT2D eigenvalue weighted by atomic mass is 9.87. The number of nitrogens with zero attached hydrogens (tertiary/aromatic N) is 2. The quantitative estimate of drug-likeness (QED) is 0.669. The van der Waals surface area contributed by atoms with E-state index in [0.29, 0.717) is 30.3 Å². The van der Waals surface area contributed by atoms with Gasteiger partial charge in [-0.2, -0.15) is 0 Å². The number of hydrogen-bond acceptors (Lipinski definition) is 4. The smallest absolute Gasteiger partial charge is 0.254 e. The normalized spacial score (nSPS) is 18.9. The molecule has 1 aliphatic carbocycles. The number of benzene rings is 1. The Kier molecular flexibility index (Phi) is 8.01. The summed E-state index contributed by atoms with van der Waals surface area (Å²) < 4.78 is 11.3. The van der Waals surface area contributed by atoms with E-state index in [4.69, 9.17) is 9.47 Å². The minimum absolute atomic E-state index is 0.0935. The van der Waals surface area contributed by atoms with Crippen molar-refractivity contribution in [3.8, 4) is 11.5 Å². The second-order valence-electron chi connectivity index (χ2n) is 7.95. The monoisotopic (exact) mass is 388 g/mol. The molecule has 1 aliphatic heterocycles. The molecular weight excluding hydrogens is 352 g/mol. The van der Waals surface area contributed by atoms with E-state index in [0.717, 1.165) is 32.1 Å². The summed E-state index contributed by atoms with van der Waals surface area (Å²) in [6.07, 6.45) is 8.41. The van der Waals surface area contributed by atoms with E-state index in [1.807, 2.05) is 36.9 Å². The summed E-state index contributed by atoms with van der Waals surface area (Å²) in [4.78, 5) is 17.5. The van der Waals surface area contributed by atoms with Gasteiger partial charge in [0.05, 0.1) is 13.2 Å². The van der Waals surface area contributed by atoms with Crippen molar-refractivity contribution < 1.29 is 14.3 Å². The molecule has 1 saturated carbocycles. The number of rotatable bonds is 8. The van der Waals surface area contributed by atoms with Gasteiger partial charge in [0.25, 0.3) is 5.91 Å². The predicted molar refractivity (Wildman–Crippen MR) is 112 cm³/mol. The van der Waals surface area contributed by atoms with Gasteiger partial charge in [0.2, 0.25) is 0 Å². The van der Waals surface area contributed by atoms with Crippen LogP contribution in [0.15, 0.2) is 18.2 Å². The molecule has 2 fully saturated rings. The third kappa shape index (κ3) is 5.63. The minimum Gasteiger partial charge on any atom is -0.490 e. The van der Waals surface area contributed by atoms with Gasteiger partial charge in [-0.05, 0) is 50.9 Å². The topological polar surface area (TPSA) is 42.0 Å². The lowest BCUT2D eigenvalue weighted by molar-refractivity contribution is 0.0627. The van der Waals surface area contributed by atoms with Crippen LogP contribution in [0.1, 0.15) is 62.7 Å². The van der Waals surface area contributed by atoms with Crippen LogP contribution in [0.5, 0.6) is 11.5 Å². The van der Waals surface area contributed by atoms with E-state index in [1.54, 1.807) is 0 Å². The third-order valence-electron chi connectivity index (χ3n) is 6.03. The average Bonchev–Trinajstić information content (AvgIpc) is 2.74. The summed E-state index contributed by atoms with van der Waals surface area (Å²) in [5, 5.41) is 0. The van der Waals surface area contributed by atoms with Crippen molar-refractivity contribution >= 4 is 5.91 Å². The molecule has 1 saturated heterocycles. The van der Waals surface area contributed by atoms with Gasteiger partial charge in [-0.1, -0.05) is 32.1 Å². The van der Waals surface area contributed by atoms with Crippen molar-refractivity contribution in [1.82, 2.24) is 9.80 Å². The Labute approximate surface area is 170 Å². The van der Waals surface area contributed by atoms with E-state index >= 15 is 0 Å². The van der Waals surface area contributed by atoms with Crippen molar-refractivity contribution in [2.75, 3.05) is 45.9 Å². The van der Waals surface area contributed by atoms with Crippen LogP contribution in [0.3, 0.4) is 0 Å². The molecule has 0 N–H and O–H groups in total. The van der Waals surface area contributed by atoms with Crippen LogP contribution in [0, 0.1) is 5.92 Å². The zero-order valence-corrected chi connectivity index (χ0v) is 17.6. The van der Waals surface area contributed by atoms with Crippen molar-refractivity contribution in [3.63, 3.8) is 0 Å². The molecule has 2 aliphatic rings. The van der Waals surface area contributed by atoms with Crippen molar-refractivity contribution in [1.29, 1.82) is 0 Å². The van der Waals surface area contributed by atoms with Gasteiger partial charge in [0.15, 0.2) is 11.5 Å². The summed E-state index contributed by atoms with van der Waals surface area (Å²) in [6.45, 7) is 9.78. The molecule has 3 rings (SSSR count). The number of piperazine rings is 1. The number of amides is 1. The Morgan fingerprint density at radius 1 is 0.964 bits per heavy atom. The molecule has 1 aromatic rings. The van der Waals surface area contributed by atoms with Gasteiger partial charge in [0, 0.05) is 31.7 Å². The van der Waals surface area contributed by atoms with Gasteiger partial charge in [0.1, 0.15) is 0 Å². The van der Waals surface area contributed by atoms with Gasteiger partial charge in [-0.25, -0.2) is 0 Å². The predicted octanol–water partition coefficient (Wildman–Crippen LogP) is 4.21. The second kappa shape index (κ2) is 10.7. The molecule has 156 valence electrons. The summed E-state index contributed by atoms with van der Waals surface area (Å²) >= 11 is 0. The third-order valence-corrected chi connectivity index (χ3v) is 6.03. The minimum atomic E-state index is 0.0935. The molecular formula is C23H36N2O3. The van der Waals surface area contributed by atoms with Crippen molar-refractivity contribution in [2.24, 2.45) is 5.92 Å². The molecule has 0 aromatic heterocycles. The average molecular weight is 389 g/mol. The Bertz CT molecular complexity index is 620. The highest BCUT2D eigenvalue weighted by Crippen LogP contribution is 2.29. The van der Waals surface area contributed by atoms with E-state index in [-0.39, 0.29) is 5.91 Å². The number of hydrogen-bond donors (Lipinski definition) is 0. The van der Waals surface area contributed by atoms with E-state index in [1.165, 1.54) is 45.1 Å². The lowest BCUT2D eigenvalue weighted by Gasteiger charge is -2.35. The van der Waals surface area contributed by atoms with Gasteiger partial charge in [-0.3, -0.25) is 9.69 Å². The number of carbonyl (C=O) groups excluding carboxylic acids is 1. The van der Waals surface area contributed by atoms with E-state index < -0.39 is 0 Å². The number of carbonyl (C=O) groups is 1. The fraction of sp³-hybridized carbons (Fsp3) is 0.696. The highest BCUT2D eigenvalue weighted by Gasteiger charge is 2.24. The first-order valence-corrected chi connectivity index (χ1v) is 11.1.